The van der Waals surface area contributed by atoms with Crippen LogP contribution in [0.2, 0.25) is 0 Å². The summed E-state index contributed by atoms with van der Waals surface area (Å²) in [6.45, 7) is 0.989. The maximum absolute atomic E-state index is 14.0. The maximum atomic E-state index is 14.0. The van der Waals surface area contributed by atoms with Gasteiger partial charge < -0.3 is 24.0 Å². The van der Waals surface area contributed by atoms with Gasteiger partial charge in [-0.3, -0.25) is 4.79 Å². The molecule has 0 aliphatic carbocycles. The van der Waals surface area contributed by atoms with Gasteiger partial charge in [-0.05, 0) is 22.8 Å². The van der Waals surface area contributed by atoms with E-state index in [0.29, 0.717) is 21.7 Å². The lowest BCUT2D eigenvalue weighted by Gasteiger charge is -2.42. The average molecular weight is 446 g/mol. The first-order chi connectivity index (χ1) is 16.0. The van der Waals surface area contributed by atoms with Gasteiger partial charge in [0, 0.05) is 6.42 Å². The lowest BCUT2D eigenvalue weighted by Crippen LogP contribution is -2.54. The number of likely N-dealkylation sites (N-methyl/N-ethyl adjacent to an activating group) is 1. The Labute approximate surface area is 194 Å². The average Bonchev–Trinajstić information content (AvgIpc) is 3.30. The fourth-order valence-electron chi connectivity index (χ4n) is 4.99. The van der Waals surface area contributed by atoms with E-state index in [1.54, 1.807) is 7.11 Å². The van der Waals surface area contributed by atoms with Crippen LogP contribution in [0.1, 0.15) is 34.3 Å². The lowest BCUT2D eigenvalue weighted by molar-refractivity contribution is -0.913. The van der Waals surface area contributed by atoms with E-state index < -0.39 is 6.04 Å². The van der Waals surface area contributed by atoms with Crippen molar-refractivity contribution in [3.8, 4) is 17.2 Å². The van der Waals surface area contributed by atoms with Gasteiger partial charge in [0.1, 0.15) is 0 Å². The third-order valence-corrected chi connectivity index (χ3v) is 6.68. The molecule has 1 amide bonds. The van der Waals surface area contributed by atoms with Gasteiger partial charge in [0.2, 0.25) is 12.5 Å². The number of hydrogen-bond acceptors (Lipinski definition) is 4. The first-order valence-electron chi connectivity index (χ1n) is 11.2. The Hall–Kier alpha value is -3.51. The fraction of sp³-hybridized carbons (Fsp3) is 0.296. The summed E-state index contributed by atoms with van der Waals surface area (Å²) in [7, 11) is 5.81. The topological polar surface area (TPSA) is 56.8 Å². The molecular weight excluding hydrogens is 416 g/mol. The molecule has 3 aromatic carbocycles. The molecule has 0 bridgehead atoms. The van der Waals surface area contributed by atoms with Gasteiger partial charge >= 0.3 is 0 Å². The van der Waals surface area contributed by atoms with Crippen LogP contribution in [0.3, 0.4) is 0 Å². The number of amides is 1. The minimum absolute atomic E-state index is 0.0455. The van der Waals surface area contributed by atoms with Crippen LogP contribution in [0, 0.1) is 0 Å². The lowest BCUT2D eigenvalue weighted by atomic mass is 9.88. The molecule has 0 saturated heterocycles. The van der Waals surface area contributed by atoms with Crippen molar-refractivity contribution in [1.82, 2.24) is 5.32 Å². The van der Waals surface area contributed by atoms with E-state index in [1.807, 2.05) is 66.7 Å². The van der Waals surface area contributed by atoms with Crippen molar-refractivity contribution in [2.75, 3.05) is 34.5 Å². The third-order valence-electron chi connectivity index (χ3n) is 6.68. The largest absolute Gasteiger partial charge is 0.492 e. The van der Waals surface area contributed by atoms with Crippen LogP contribution in [0.4, 0.5) is 0 Å². The van der Waals surface area contributed by atoms with Crippen molar-refractivity contribution in [2.24, 2.45) is 0 Å². The number of benzene rings is 3. The second-order valence-electron chi connectivity index (χ2n) is 9.13. The molecule has 3 aromatic rings. The number of carbonyl (C=O) groups is 1. The van der Waals surface area contributed by atoms with Crippen molar-refractivity contribution in [1.29, 1.82) is 0 Å². The SMILES string of the molecule is COc1c2c(cc3c1[C@@H](C(=O)NC(c1ccccc1)c1ccccc1)[N+](C)(C)CC3)OCO2. The summed E-state index contributed by atoms with van der Waals surface area (Å²) in [5, 5.41) is 3.35. The van der Waals surface area contributed by atoms with E-state index in [4.69, 9.17) is 14.2 Å². The molecule has 2 aliphatic heterocycles. The molecule has 2 aliphatic rings. The van der Waals surface area contributed by atoms with Crippen molar-refractivity contribution in [3.63, 3.8) is 0 Å². The Morgan fingerprint density at radius 3 is 2.27 bits per heavy atom. The predicted octanol–water partition coefficient (Wildman–Crippen LogP) is 4.00. The third kappa shape index (κ3) is 3.80. The first-order valence-corrected chi connectivity index (χ1v) is 11.2. The van der Waals surface area contributed by atoms with E-state index in [1.165, 1.54) is 0 Å². The molecule has 2 heterocycles. The molecule has 0 saturated carbocycles. The Balaban J connectivity index is 1.58. The van der Waals surface area contributed by atoms with Crippen molar-refractivity contribution in [2.45, 2.75) is 18.5 Å². The van der Waals surface area contributed by atoms with E-state index in [2.05, 4.69) is 19.4 Å². The zero-order valence-corrected chi connectivity index (χ0v) is 19.2. The van der Waals surface area contributed by atoms with Crippen molar-refractivity contribution < 1.29 is 23.5 Å². The molecule has 1 N–H and O–H groups in total. The van der Waals surface area contributed by atoms with Crippen LogP contribution in [0.5, 0.6) is 17.2 Å². The zero-order valence-electron chi connectivity index (χ0n) is 19.2. The standard InChI is InChI=1S/C27H28N2O4/c1-29(2)15-14-20-16-21-25(33-17-32-21)26(31-3)22(20)24(29)27(30)28-23(18-10-6-4-7-11-18)19-12-8-5-9-13-19/h4-13,16,23-24H,14-15,17H2,1-3H3/p+1/t24-/m0/s1. The van der Waals surface area contributed by atoms with Crippen LogP contribution in [0.15, 0.2) is 66.7 Å². The zero-order chi connectivity index (χ0) is 23.0. The highest BCUT2D eigenvalue weighted by molar-refractivity contribution is 5.85. The molecule has 1 atom stereocenters. The number of carbonyl (C=O) groups excluding carboxylic acids is 1. The number of nitrogens with one attached hydrogen (secondary N) is 1. The number of quaternary nitrogens is 1. The molecule has 6 nitrogen and oxygen atoms in total. The highest BCUT2D eigenvalue weighted by Crippen LogP contribution is 2.50. The van der Waals surface area contributed by atoms with E-state index >= 15 is 0 Å². The summed E-state index contributed by atoms with van der Waals surface area (Å²) < 4.78 is 17.7. The molecular formula is C27H29N2O4+. The van der Waals surface area contributed by atoms with Gasteiger partial charge in [0.15, 0.2) is 17.5 Å². The summed E-state index contributed by atoms with van der Waals surface area (Å²) >= 11 is 0. The Morgan fingerprint density at radius 2 is 1.67 bits per heavy atom. The number of nitrogens with zero attached hydrogens (tertiary/aromatic N) is 1. The normalized spacial score (nSPS) is 18.0. The molecule has 170 valence electrons. The second-order valence-corrected chi connectivity index (χ2v) is 9.13. The number of ether oxygens (including phenoxy) is 3. The van der Waals surface area contributed by atoms with Gasteiger partial charge in [-0.2, -0.15) is 0 Å². The Bertz CT molecular complexity index is 1120. The smallest absolute Gasteiger partial charge is 0.284 e. The summed E-state index contributed by atoms with van der Waals surface area (Å²) in [6, 6.07) is 21.4. The van der Waals surface area contributed by atoms with Crippen LogP contribution in [-0.4, -0.2) is 44.9 Å². The molecule has 0 radical (unpaired) electrons. The fourth-order valence-corrected chi connectivity index (χ4v) is 4.99. The minimum Gasteiger partial charge on any atom is -0.492 e. The van der Waals surface area contributed by atoms with Gasteiger partial charge in [-0.1, -0.05) is 60.7 Å². The molecule has 33 heavy (non-hydrogen) atoms. The predicted molar refractivity (Wildman–Crippen MR) is 125 cm³/mol. The van der Waals surface area contributed by atoms with Crippen LogP contribution in [-0.2, 0) is 11.2 Å². The number of fused-ring (bicyclic) bond motifs is 2. The molecule has 0 fully saturated rings. The van der Waals surface area contributed by atoms with Crippen molar-refractivity contribution in [3.05, 3.63) is 89.0 Å². The molecule has 6 heteroatoms. The van der Waals surface area contributed by atoms with Crippen LogP contribution < -0.4 is 19.5 Å². The molecule has 0 aromatic heterocycles. The van der Waals surface area contributed by atoms with Gasteiger partial charge in [-0.15, -0.1) is 0 Å². The molecule has 5 rings (SSSR count). The monoisotopic (exact) mass is 445 g/mol. The highest BCUT2D eigenvalue weighted by Gasteiger charge is 2.46. The minimum atomic E-state index is -0.451. The van der Waals surface area contributed by atoms with Gasteiger partial charge in [0.05, 0.1) is 39.4 Å². The first kappa shape index (κ1) is 21.3. The second kappa shape index (κ2) is 8.45. The summed E-state index contributed by atoms with van der Waals surface area (Å²) in [5.41, 5.74) is 4.03. The van der Waals surface area contributed by atoms with E-state index in [9.17, 15) is 4.79 Å². The summed E-state index contributed by atoms with van der Waals surface area (Å²) in [6.07, 6.45) is 0.833. The quantitative estimate of drug-likeness (QED) is 0.603. The van der Waals surface area contributed by atoms with Crippen molar-refractivity contribution >= 4 is 5.91 Å². The van der Waals surface area contributed by atoms with Crippen LogP contribution >= 0.6 is 0 Å². The number of methoxy groups -OCH3 is 1. The Morgan fingerprint density at radius 1 is 1.03 bits per heavy atom. The summed E-state index contributed by atoms with van der Waals surface area (Å²) in [4.78, 5) is 14.0. The highest BCUT2D eigenvalue weighted by atomic mass is 16.7. The number of rotatable bonds is 5. The Kier molecular flexibility index (Phi) is 5.46. The molecule has 0 unspecified atom stereocenters. The molecule has 0 spiro atoms. The van der Waals surface area contributed by atoms with Gasteiger partial charge in [0.25, 0.3) is 5.91 Å². The van der Waals surface area contributed by atoms with Gasteiger partial charge in [-0.25, -0.2) is 0 Å². The van der Waals surface area contributed by atoms with E-state index in [0.717, 1.165) is 35.2 Å². The maximum Gasteiger partial charge on any atom is 0.284 e. The summed E-state index contributed by atoms with van der Waals surface area (Å²) in [5.74, 6) is 1.82. The van der Waals surface area contributed by atoms with Crippen LogP contribution in [0.25, 0.3) is 0 Å². The number of hydrogen-bond donors (Lipinski definition) is 1. The van der Waals surface area contributed by atoms with E-state index in [-0.39, 0.29) is 18.7 Å².